The van der Waals surface area contributed by atoms with Crippen molar-refractivity contribution in [2.45, 2.75) is 65.3 Å². The lowest BCUT2D eigenvalue weighted by atomic mass is 9.97. The van der Waals surface area contributed by atoms with Gasteiger partial charge < -0.3 is 13.9 Å². The zero-order valence-corrected chi connectivity index (χ0v) is 25.4. The van der Waals surface area contributed by atoms with Crippen molar-refractivity contribution in [2.24, 2.45) is 0 Å². The first kappa shape index (κ1) is 28.5. The zero-order chi connectivity index (χ0) is 28.5. The number of nitrogens with one attached hydrogen (secondary N) is 1. The van der Waals surface area contributed by atoms with Gasteiger partial charge in [0.05, 0.1) is 31.7 Å². The Hall–Kier alpha value is -3.49. The molecule has 0 saturated heterocycles. The van der Waals surface area contributed by atoms with Crippen molar-refractivity contribution in [3.8, 4) is 22.8 Å². The Balaban J connectivity index is 1.60. The highest BCUT2D eigenvalue weighted by molar-refractivity contribution is 6.74. The standard InChI is InChI=1S/C31H39N3O4Si/c1-19-10-11-21(15-28(35)22-16-23(36-6)18-24(17-22)37-7)14-26(19)27-13-12-25-29(33-34-30(25)32-27)20(2)38-39(8,9)31(3,4)5/h10-14,16-18,20H,15H2,1-9H3,(H,32,33,34). The van der Waals surface area contributed by atoms with Gasteiger partial charge in [0.15, 0.2) is 19.7 Å². The summed E-state index contributed by atoms with van der Waals surface area (Å²) in [6.07, 6.45) is 0.135. The molecule has 1 unspecified atom stereocenters. The number of ketones is 1. The molecule has 0 aliphatic carbocycles. The van der Waals surface area contributed by atoms with Crippen LogP contribution in [0.5, 0.6) is 11.5 Å². The quantitative estimate of drug-likeness (QED) is 0.174. The number of carbonyl (C=O) groups is 1. The number of H-pyrrole nitrogens is 1. The highest BCUT2D eigenvalue weighted by atomic mass is 28.4. The summed E-state index contributed by atoms with van der Waals surface area (Å²) in [5, 5.41) is 8.76. The van der Waals surface area contributed by atoms with Crippen molar-refractivity contribution in [2.75, 3.05) is 14.2 Å². The molecule has 39 heavy (non-hydrogen) atoms. The Bertz CT molecular complexity index is 1480. The zero-order valence-electron chi connectivity index (χ0n) is 24.4. The minimum absolute atomic E-state index is 0.0157. The van der Waals surface area contributed by atoms with Gasteiger partial charge in [-0.15, -0.1) is 0 Å². The number of rotatable bonds is 9. The number of pyridine rings is 1. The van der Waals surface area contributed by atoms with Crippen molar-refractivity contribution in [3.63, 3.8) is 0 Å². The fourth-order valence-corrected chi connectivity index (χ4v) is 5.72. The van der Waals surface area contributed by atoms with Crippen LogP contribution in [0.2, 0.25) is 18.1 Å². The molecular formula is C31H39N3O4Si. The Morgan fingerprint density at radius 2 is 1.67 bits per heavy atom. The molecule has 2 aromatic heterocycles. The number of hydrogen-bond donors (Lipinski definition) is 1. The molecule has 8 heteroatoms. The topological polar surface area (TPSA) is 86.3 Å². The van der Waals surface area contributed by atoms with Gasteiger partial charge in [0.2, 0.25) is 0 Å². The number of aromatic nitrogens is 3. The van der Waals surface area contributed by atoms with E-state index in [4.69, 9.17) is 18.9 Å². The number of hydrogen-bond acceptors (Lipinski definition) is 6. The molecule has 0 aliphatic rings. The van der Waals surface area contributed by atoms with Gasteiger partial charge in [0.1, 0.15) is 11.5 Å². The van der Waals surface area contributed by atoms with E-state index in [2.05, 4.69) is 57.1 Å². The van der Waals surface area contributed by atoms with Crippen molar-refractivity contribution in [1.29, 1.82) is 0 Å². The minimum atomic E-state index is -1.95. The number of aryl methyl sites for hydroxylation is 1. The number of benzene rings is 2. The molecule has 0 radical (unpaired) electrons. The van der Waals surface area contributed by atoms with Gasteiger partial charge in [-0.3, -0.25) is 9.89 Å². The van der Waals surface area contributed by atoms with Gasteiger partial charge in [-0.2, -0.15) is 5.10 Å². The first-order valence-corrected chi connectivity index (χ1v) is 16.1. The molecule has 2 aromatic carbocycles. The Morgan fingerprint density at radius 1 is 1.00 bits per heavy atom. The summed E-state index contributed by atoms with van der Waals surface area (Å²) < 4.78 is 17.3. The predicted octanol–water partition coefficient (Wildman–Crippen LogP) is 7.46. The number of methoxy groups -OCH3 is 2. The Labute approximate surface area is 232 Å². The van der Waals surface area contributed by atoms with Crippen LogP contribution in [0.3, 0.4) is 0 Å². The lowest BCUT2D eigenvalue weighted by Crippen LogP contribution is -2.41. The average molecular weight is 546 g/mol. The smallest absolute Gasteiger partial charge is 0.192 e. The van der Waals surface area contributed by atoms with Gasteiger partial charge in [-0.1, -0.05) is 32.9 Å². The summed E-state index contributed by atoms with van der Waals surface area (Å²) in [5.74, 6) is 1.16. The molecule has 7 nitrogen and oxygen atoms in total. The fourth-order valence-electron chi connectivity index (χ4n) is 4.37. The second kappa shape index (κ2) is 10.9. The fraction of sp³-hybridized carbons (Fsp3) is 0.387. The molecule has 4 rings (SSSR count). The number of carbonyl (C=O) groups excluding carboxylic acids is 1. The van der Waals surface area contributed by atoms with Crippen molar-refractivity contribution < 1.29 is 18.7 Å². The predicted molar refractivity (Wildman–Crippen MR) is 158 cm³/mol. The molecule has 1 N–H and O–H groups in total. The number of nitrogens with zero attached hydrogens (tertiary/aromatic N) is 2. The molecular weight excluding hydrogens is 506 g/mol. The largest absolute Gasteiger partial charge is 0.497 e. The van der Waals surface area contributed by atoms with Gasteiger partial charge >= 0.3 is 0 Å². The summed E-state index contributed by atoms with van der Waals surface area (Å²) in [4.78, 5) is 18.0. The Morgan fingerprint density at radius 3 is 2.28 bits per heavy atom. The lowest BCUT2D eigenvalue weighted by molar-refractivity contribution is 0.0992. The van der Waals surface area contributed by atoms with Crippen LogP contribution in [-0.2, 0) is 10.8 Å². The first-order chi connectivity index (χ1) is 18.3. The maximum absolute atomic E-state index is 13.1. The van der Waals surface area contributed by atoms with Crippen LogP contribution >= 0.6 is 0 Å². The third-order valence-corrected chi connectivity index (χ3v) is 12.3. The van der Waals surface area contributed by atoms with E-state index in [9.17, 15) is 4.79 Å². The molecule has 2 heterocycles. The first-order valence-electron chi connectivity index (χ1n) is 13.2. The SMILES string of the molecule is COc1cc(OC)cc(C(=O)Cc2ccc(C)c(-c3ccc4c(C(C)O[Si](C)(C)C(C)(C)C)[nH]nc4n3)c2)c1. The van der Waals surface area contributed by atoms with Crippen LogP contribution in [-0.4, -0.2) is 43.5 Å². The van der Waals surface area contributed by atoms with E-state index in [1.807, 2.05) is 31.2 Å². The van der Waals surface area contributed by atoms with Crippen molar-refractivity contribution in [1.82, 2.24) is 15.2 Å². The van der Waals surface area contributed by atoms with Crippen LogP contribution < -0.4 is 9.47 Å². The molecule has 206 valence electrons. The highest BCUT2D eigenvalue weighted by Crippen LogP contribution is 2.40. The highest BCUT2D eigenvalue weighted by Gasteiger charge is 2.39. The minimum Gasteiger partial charge on any atom is -0.497 e. The monoisotopic (exact) mass is 545 g/mol. The lowest BCUT2D eigenvalue weighted by Gasteiger charge is -2.38. The molecule has 0 aliphatic heterocycles. The summed E-state index contributed by atoms with van der Waals surface area (Å²) >= 11 is 0. The van der Waals surface area contributed by atoms with Crippen LogP contribution in [0, 0.1) is 6.92 Å². The third-order valence-electron chi connectivity index (χ3n) is 7.75. The third kappa shape index (κ3) is 6.07. The van der Waals surface area contributed by atoms with E-state index in [1.165, 1.54) is 0 Å². The number of fused-ring (bicyclic) bond motifs is 1. The second-order valence-electron chi connectivity index (χ2n) is 11.6. The number of ether oxygens (including phenoxy) is 2. The van der Waals surface area contributed by atoms with E-state index >= 15 is 0 Å². The van der Waals surface area contributed by atoms with Gasteiger partial charge in [-0.05, 0) is 73.4 Å². The van der Waals surface area contributed by atoms with E-state index in [0.717, 1.165) is 33.5 Å². The Kier molecular flexibility index (Phi) is 8.00. The van der Waals surface area contributed by atoms with Crippen LogP contribution in [0.4, 0.5) is 0 Å². The summed E-state index contributed by atoms with van der Waals surface area (Å²) in [6, 6.07) is 15.4. The van der Waals surface area contributed by atoms with E-state index in [1.54, 1.807) is 32.4 Å². The summed E-state index contributed by atoms with van der Waals surface area (Å²) in [5.41, 5.74) is 5.91. The molecule has 0 bridgehead atoms. The van der Waals surface area contributed by atoms with Gasteiger partial charge in [0.25, 0.3) is 0 Å². The molecule has 1 atom stereocenters. The van der Waals surface area contributed by atoms with Crippen LogP contribution in [0.15, 0.2) is 48.5 Å². The van der Waals surface area contributed by atoms with E-state index in [-0.39, 0.29) is 23.3 Å². The molecule has 0 fully saturated rings. The van der Waals surface area contributed by atoms with Crippen molar-refractivity contribution >= 4 is 25.1 Å². The van der Waals surface area contributed by atoms with Gasteiger partial charge in [-0.25, -0.2) is 4.98 Å². The maximum atomic E-state index is 13.1. The van der Waals surface area contributed by atoms with Gasteiger partial charge in [0, 0.05) is 29.0 Å². The van der Waals surface area contributed by atoms with Crippen LogP contribution in [0.25, 0.3) is 22.3 Å². The molecule has 0 amide bonds. The van der Waals surface area contributed by atoms with Crippen LogP contribution in [0.1, 0.15) is 61.0 Å². The van der Waals surface area contributed by atoms with Crippen molar-refractivity contribution in [3.05, 3.63) is 70.9 Å². The second-order valence-corrected chi connectivity index (χ2v) is 16.3. The van der Waals surface area contributed by atoms with E-state index < -0.39 is 8.32 Å². The number of Topliss-reactive ketones (excluding diaryl/α,β-unsaturated/α-hetero) is 1. The summed E-state index contributed by atoms with van der Waals surface area (Å²) in [7, 11) is 1.20. The molecule has 0 spiro atoms. The maximum Gasteiger partial charge on any atom is 0.192 e. The van der Waals surface area contributed by atoms with E-state index in [0.29, 0.717) is 22.7 Å². The summed E-state index contributed by atoms with van der Waals surface area (Å²) in [6.45, 7) is 15.3. The molecule has 0 saturated carbocycles. The average Bonchev–Trinajstić information content (AvgIpc) is 3.32. The normalized spacial score (nSPS) is 12.9. The molecule has 4 aromatic rings. The number of aromatic amines is 1.